The molecular weight excluding hydrogens is 278 g/mol. The van der Waals surface area contributed by atoms with Crippen LogP contribution in [0.4, 0.5) is 0 Å². The maximum Gasteiger partial charge on any atom is 0.242 e. The fraction of sp³-hybridized carbons (Fsp3) is 0.857. The Morgan fingerprint density at radius 2 is 2.05 bits per heavy atom. The van der Waals surface area contributed by atoms with Gasteiger partial charge in [-0.25, -0.2) is 0 Å². The number of carbonyl (C=O) groups is 2. The summed E-state index contributed by atoms with van der Waals surface area (Å²) in [5.41, 5.74) is 6.04. The second kappa shape index (κ2) is 6.76. The molecular formula is C14H26ClN3O2. The largest absolute Gasteiger partial charge is 0.341 e. The third kappa shape index (κ3) is 3.85. The van der Waals surface area contributed by atoms with Crippen LogP contribution in [0.3, 0.4) is 0 Å². The molecule has 2 rings (SSSR count). The van der Waals surface area contributed by atoms with Crippen molar-refractivity contribution >= 4 is 24.2 Å². The molecule has 2 N–H and O–H groups in total. The minimum atomic E-state index is -0.0418. The number of halogens is 1. The van der Waals surface area contributed by atoms with Gasteiger partial charge in [-0.2, -0.15) is 0 Å². The molecule has 5 nitrogen and oxygen atoms in total. The Kier molecular flexibility index (Phi) is 5.83. The molecule has 0 aromatic carbocycles. The van der Waals surface area contributed by atoms with Crippen molar-refractivity contribution in [2.24, 2.45) is 11.1 Å². The minimum absolute atomic E-state index is 0. The summed E-state index contributed by atoms with van der Waals surface area (Å²) >= 11 is 0. The highest BCUT2D eigenvalue weighted by Gasteiger charge is 2.36. The lowest BCUT2D eigenvalue weighted by atomic mass is 9.79. The van der Waals surface area contributed by atoms with E-state index in [9.17, 15) is 9.59 Å². The number of nitrogens with zero attached hydrogens (tertiary/aromatic N) is 2. The Morgan fingerprint density at radius 3 is 2.65 bits per heavy atom. The molecule has 116 valence electrons. The molecule has 1 unspecified atom stereocenters. The Hall–Kier alpha value is -0.810. The second-order valence-corrected chi connectivity index (χ2v) is 6.47. The van der Waals surface area contributed by atoms with E-state index < -0.39 is 0 Å². The molecule has 2 aliphatic heterocycles. The maximum absolute atomic E-state index is 12.3. The Labute approximate surface area is 127 Å². The molecule has 2 heterocycles. The van der Waals surface area contributed by atoms with Crippen molar-refractivity contribution in [3.05, 3.63) is 0 Å². The van der Waals surface area contributed by atoms with E-state index in [2.05, 4.69) is 13.8 Å². The molecule has 0 radical (unpaired) electrons. The Bertz CT molecular complexity index is 373. The summed E-state index contributed by atoms with van der Waals surface area (Å²) in [6, 6.07) is 0.146. The summed E-state index contributed by atoms with van der Waals surface area (Å²) < 4.78 is 0. The molecule has 0 aliphatic carbocycles. The van der Waals surface area contributed by atoms with E-state index in [1.54, 1.807) is 4.90 Å². The van der Waals surface area contributed by atoms with E-state index in [1.165, 1.54) is 0 Å². The van der Waals surface area contributed by atoms with Gasteiger partial charge in [0, 0.05) is 32.1 Å². The van der Waals surface area contributed by atoms with E-state index in [0.717, 1.165) is 25.8 Å². The molecule has 0 saturated carbocycles. The first kappa shape index (κ1) is 17.2. The minimum Gasteiger partial charge on any atom is -0.341 e. The van der Waals surface area contributed by atoms with Crippen LogP contribution in [0, 0.1) is 5.41 Å². The van der Waals surface area contributed by atoms with Crippen LogP contribution in [0.25, 0.3) is 0 Å². The van der Waals surface area contributed by atoms with Crippen LogP contribution >= 0.6 is 12.4 Å². The van der Waals surface area contributed by atoms with Crippen LogP contribution in [0.15, 0.2) is 0 Å². The van der Waals surface area contributed by atoms with Gasteiger partial charge in [0.2, 0.25) is 11.8 Å². The average molecular weight is 304 g/mol. The van der Waals surface area contributed by atoms with Gasteiger partial charge in [0.05, 0.1) is 6.54 Å². The van der Waals surface area contributed by atoms with Crippen molar-refractivity contribution in [1.29, 1.82) is 0 Å². The van der Waals surface area contributed by atoms with Crippen molar-refractivity contribution in [3.63, 3.8) is 0 Å². The highest BCUT2D eigenvalue weighted by Crippen LogP contribution is 2.27. The van der Waals surface area contributed by atoms with Gasteiger partial charge >= 0.3 is 0 Å². The first-order chi connectivity index (χ1) is 8.90. The van der Waals surface area contributed by atoms with Gasteiger partial charge in [-0.05, 0) is 24.7 Å². The van der Waals surface area contributed by atoms with Gasteiger partial charge < -0.3 is 15.5 Å². The SMILES string of the molecule is CC1(C)CN(C(=O)CN2CCCCC2=O)CCC1N.Cl. The molecule has 0 spiro atoms. The summed E-state index contributed by atoms with van der Waals surface area (Å²) in [5, 5.41) is 0. The van der Waals surface area contributed by atoms with Crippen molar-refractivity contribution < 1.29 is 9.59 Å². The van der Waals surface area contributed by atoms with Crippen molar-refractivity contribution in [1.82, 2.24) is 9.80 Å². The molecule has 1 atom stereocenters. The molecule has 6 heteroatoms. The lowest BCUT2D eigenvalue weighted by Gasteiger charge is -2.43. The lowest BCUT2D eigenvalue weighted by molar-refractivity contribution is -0.143. The van der Waals surface area contributed by atoms with Gasteiger partial charge in [0.1, 0.15) is 0 Å². The predicted octanol–water partition coefficient (Wildman–Crippen LogP) is 1.01. The zero-order valence-corrected chi connectivity index (χ0v) is 13.2. The number of hydrogen-bond acceptors (Lipinski definition) is 3. The number of rotatable bonds is 2. The monoisotopic (exact) mass is 303 g/mol. The molecule has 2 aliphatic rings. The zero-order chi connectivity index (χ0) is 14.0. The smallest absolute Gasteiger partial charge is 0.242 e. The highest BCUT2D eigenvalue weighted by molar-refractivity contribution is 5.85. The highest BCUT2D eigenvalue weighted by atomic mass is 35.5. The van der Waals surface area contributed by atoms with Crippen molar-refractivity contribution in [3.8, 4) is 0 Å². The molecule has 0 bridgehead atoms. The summed E-state index contributed by atoms with van der Waals surface area (Å²) in [6.45, 7) is 6.57. The quantitative estimate of drug-likeness (QED) is 0.828. The normalized spacial score (nSPS) is 26.1. The molecule has 20 heavy (non-hydrogen) atoms. The fourth-order valence-electron chi connectivity index (χ4n) is 2.88. The first-order valence-electron chi connectivity index (χ1n) is 7.21. The van der Waals surface area contributed by atoms with Gasteiger partial charge in [0.25, 0.3) is 0 Å². The molecule has 2 saturated heterocycles. The number of hydrogen-bond donors (Lipinski definition) is 1. The van der Waals surface area contributed by atoms with Crippen LogP contribution in [-0.4, -0.2) is 53.8 Å². The fourth-order valence-corrected chi connectivity index (χ4v) is 2.88. The van der Waals surface area contributed by atoms with Gasteiger partial charge in [-0.3, -0.25) is 9.59 Å². The summed E-state index contributed by atoms with van der Waals surface area (Å²) in [6.07, 6.45) is 3.39. The molecule has 2 fully saturated rings. The van der Waals surface area contributed by atoms with Crippen LogP contribution in [0.5, 0.6) is 0 Å². The van der Waals surface area contributed by atoms with Crippen LogP contribution in [-0.2, 0) is 9.59 Å². The number of likely N-dealkylation sites (tertiary alicyclic amines) is 2. The third-order valence-electron chi connectivity index (χ3n) is 4.41. The molecule has 2 amide bonds. The standard InChI is InChI=1S/C14H25N3O2.ClH/c1-14(2)10-17(8-6-11(14)15)13(19)9-16-7-4-3-5-12(16)18;/h11H,3-10,15H2,1-2H3;1H. The van der Waals surface area contributed by atoms with Crippen LogP contribution in [0.1, 0.15) is 39.5 Å². The average Bonchev–Trinajstić information content (AvgIpc) is 2.35. The summed E-state index contributed by atoms with van der Waals surface area (Å²) in [5.74, 6) is 0.183. The number of carbonyl (C=O) groups excluding carboxylic acids is 2. The van der Waals surface area contributed by atoms with E-state index in [4.69, 9.17) is 5.73 Å². The topological polar surface area (TPSA) is 66.6 Å². The number of amides is 2. The van der Waals surface area contributed by atoms with Crippen LogP contribution in [0.2, 0.25) is 0 Å². The molecule has 0 aromatic heterocycles. The number of nitrogens with two attached hydrogens (primary N) is 1. The van der Waals surface area contributed by atoms with Crippen molar-refractivity contribution in [2.75, 3.05) is 26.2 Å². The van der Waals surface area contributed by atoms with Gasteiger partial charge in [-0.15, -0.1) is 12.4 Å². The van der Waals surface area contributed by atoms with Crippen LogP contribution < -0.4 is 5.73 Å². The lowest BCUT2D eigenvalue weighted by Crippen LogP contribution is -2.56. The second-order valence-electron chi connectivity index (χ2n) is 6.47. The third-order valence-corrected chi connectivity index (χ3v) is 4.41. The maximum atomic E-state index is 12.3. The summed E-state index contributed by atoms with van der Waals surface area (Å²) in [4.78, 5) is 27.6. The van der Waals surface area contributed by atoms with Gasteiger partial charge in [0.15, 0.2) is 0 Å². The van der Waals surface area contributed by atoms with Crippen molar-refractivity contribution in [2.45, 2.75) is 45.6 Å². The van der Waals surface area contributed by atoms with E-state index in [0.29, 0.717) is 19.5 Å². The van der Waals surface area contributed by atoms with E-state index >= 15 is 0 Å². The Morgan fingerprint density at radius 1 is 1.35 bits per heavy atom. The Balaban J connectivity index is 0.00000200. The molecule has 0 aromatic rings. The predicted molar refractivity (Wildman–Crippen MR) is 80.6 cm³/mol. The first-order valence-corrected chi connectivity index (χ1v) is 7.21. The zero-order valence-electron chi connectivity index (χ0n) is 12.4. The van der Waals surface area contributed by atoms with E-state index in [1.807, 2.05) is 4.90 Å². The van der Waals surface area contributed by atoms with E-state index in [-0.39, 0.29) is 42.2 Å². The summed E-state index contributed by atoms with van der Waals surface area (Å²) in [7, 11) is 0. The van der Waals surface area contributed by atoms with Gasteiger partial charge in [-0.1, -0.05) is 13.8 Å². The number of piperidine rings is 2.